The maximum Gasteiger partial charge on any atom is 0.198 e. The number of rotatable bonds is 4. The van der Waals surface area contributed by atoms with E-state index in [-0.39, 0.29) is 32.5 Å². The van der Waals surface area contributed by atoms with Gasteiger partial charge in [0.1, 0.15) is 0 Å². The van der Waals surface area contributed by atoms with Crippen molar-refractivity contribution in [2.24, 2.45) is 0 Å². The minimum Gasteiger partial charge on any atom is -0.355 e. The molecule has 5 heteroatoms. The Bertz CT molecular complexity index is 3740. The number of hydrogen-bond donors (Lipinski definition) is 1. The lowest BCUT2D eigenvalue weighted by Gasteiger charge is -2.45. The van der Waals surface area contributed by atoms with Crippen molar-refractivity contribution in [1.29, 1.82) is 0 Å². The summed E-state index contributed by atoms with van der Waals surface area (Å²) in [6.07, 6.45) is 7.14. The van der Waals surface area contributed by atoms with Crippen molar-refractivity contribution in [3.63, 3.8) is 0 Å². The third kappa shape index (κ3) is 6.91. The van der Waals surface area contributed by atoms with E-state index in [1.54, 1.807) is 0 Å². The number of fused-ring (bicyclic) bond motifs is 12. The standard InChI is InChI=1S/C66H69BN2S2/c1-61(2)25-27-63(5,6)47-31-38(21-23-45(47)61)68-52-37-56-43(40-17-13-15-19-54(40)70-56)33-42(52)44-34-57-58(41-18-14-16-20-55(41)71-57)60-59(44)67-51-35-49-50(66(11,12)30-29-65(49,9)10)36-53(51)69(60)39-22-24-46-48(32-39)64(7,8)28-26-62(46,3)4/h13-24,31-37,67-68H,25-30H2,1-12H3. The number of thiophene rings is 2. The third-order valence-corrected chi connectivity index (χ3v) is 20.9. The van der Waals surface area contributed by atoms with Gasteiger partial charge in [0.25, 0.3) is 0 Å². The molecule has 71 heavy (non-hydrogen) atoms. The Morgan fingerprint density at radius 2 is 0.958 bits per heavy atom. The predicted octanol–water partition coefficient (Wildman–Crippen LogP) is 18.1. The first-order chi connectivity index (χ1) is 33.6. The molecule has 9 aromatic rings. The molecular weight excluding hydrogens is 896 g/mol. The Morgan fingerprint density at radius 1 is 0.437 bits per heavy atom. The molecule has 0 saturated carbocycles. The predicted molar refractivity (Wildman–Crippen MR) is 314 cm³/mol. The molecule has 1 N–H and O–H groups in total. The monoisotopic (exact) mass is 964 g/mol. The molecule has 0 radical (unpaired) electrons. The zero-order valence-electron chi connectivity index (χ0n) is 44.2. The normalized spacial score (nSPS) is 19.7. The topological polar surface area (TPSA) is 15.3 Å². The Balaban J connectivity index is 1.13. The Morgan fingerprint density at radius 3 is 1.61 bits per heavy atom. The van der Waals surface area contributed by atoms with Crippen LogP contribution in [-0.4, -0.2) is 7.28 Å². The van der Waals surface area contributed by atoms with Crippen LogP contribution in [0.4, 0.5) is 28.4 Å². The molecule has 2 aromatic heterocycles. The lowest BCUT2D eigenvalue weighted by atomic mass is 9.55. The first-order valence-corrected chi connectivity index (χ1v) is 28.2. The largest absolute Gasteiger partial charge is 0.355 e. The van der Waals surface area contributed by atoms with E-state index in [1.165, 1.54) is 157 Å². The molecule has 358 valence electrons. The molecule has 3 heterocycles. The second kappa shape index (κ2) is 15.1. The highest BCUT2D eigenvalue weighted by Gasteiger charge is 2.43. The molecule has 7 aromatic carbocycles. The molecule has 0 amide bonds. The number of nitrogens with zero attached hydrogens (tertiary/aromatic N) is 1. The van der Waals surface area contributed by atoms with Crippen LogP contribution in [0, 0.1) is 0 Å². The number of hydrogen-bond acceptors (Lipinski definition) is 4. The summed E-state index contributed by atoms with van der Waals surface area (Å²) >= 11 is 3.87. The van der Waals surface area contributed by atoms with Crippen molar-refractivity contribution in [3.8, 4) is 11.1 Å². The molecule has 1 aliphatic heterocycles. The average Bonchev–Trinajstić information content (AvgIpc) is 3.89. The van der Waals surface area contributed by atoms with Crippen LogP contribution in [0.1, 0.15) is 155 Å². The lowest BCUT2D eigenvalue weighted by molar-refractivity contribution is 0.332. The van der Waals surface area contributed by atoms with E-state index in [0.717, 1.165) is 13.0 Å². The van der Waals surface area contributed by atoms with Crippen LogP contribution in [0.5, 0.6) is 0 Å². The SMILES string of the molecule is CC1(C)CCC(C)(C)c2cc(Nc3cc4sc5ccccc5c4cc3-c3cc4sc5ccccc5c4c4c3Bc3cc5c(cc3N4c3ccc4c(c3)C(C)(C)CCC4(C)C)C(C)(C)CCC5(C)C)ccc21. The molecule has 0 fully saturated rings. The quantitative estimate of drug-likeness (QED) is 0.177. The van der Waals surface area contributed by atoms with Crippen molar-refractivity contribution in [3.05, 3.63) is 149 Å². The molecule has 2 nitrogen and oxygen atoms in total. The number of nitrogens with one attached hydrogen (secondary N) is 1. The van der Waals surface area contributed by atoms with Crippen molar-refractivity contribution < 1.29 is 0 Å². The van der Waals surface area contributed by atoms with E-state index >= 15 is 0 Å². The summed E-state index contributed by atoms with van der Waals surface area (Å²) in [6, 6.07) is 46.0. The van der Waals surface area contributed by atoms with Crippen LogP contribution < -0.4 is 21.1 Å². The van der Waals surface area contributed by atoms with E-state index < -0.39 is 0 Å². The van der Waals surface area contributed by atoms with Gasteiger partial charge in [-0.2, -0.15) is 0 Å². The van der Waals surface area contributed by atoms with Gasteiger partial charge < -0.3 is 10.2 Å². The highest BCUT2D eigenvalue weighted by molar-refractivity contribution is 7.26. The van der Waals surface area contributed by atoms with E-state index in [2.05, 4.69) is 209 Å². The summed E-state index contributed by atoms with van der Waals surface area (Å²) in [5, 5.41) is 9.56. The van der Waals surface area contributed by atoms with Gasteiger partial charge in [0, 0.05) is 68.7 Å². The second-order valence-corrected chi connectivity index (χ2v) is 28.3. The van der Waals surface area contributed by atoms with Crippen LogP contribution in [-0.2, 0) is 32.5 Å². The smallest absolute Gasteiger partial charge is 0.198 e. The summed E-state index contributed by atoms with van der Waals surface area (Å²) in [5.41, 5.74) is 21.4. The van der Waals surface area contributed by atoms with Crippen molar-refractivity contribution in [1.82, 2.24) is 0 Å². The fourth-order valence-electron chi connectivity index (χ4n) is 13.8. The first kappa shape index (κ1) is 45.5. The zero-order chi connectivity index (χ0) is 49.4. The first-order valence-electron chi connectivity index (χ1n) is 26.6. The molecular formula is C66H69BN2S2. The van der Waals surface area contributed by atoms with E-state index in [9.17, 15) is 0 Å². The summed E-state index contributed by atoms with van der Waals surface area (Å²) in [6.45, 7) is 29.6. The van der Waals surface area contributed by atoms with Gasteiger partial charge in [-0.15, -0.1) is 22.7 Å². The fraction of sp³-hybridized carbons (Fsp3) is 0.364. The Hall–Kier alpha value is -5.36. The van der Waals surface area contributed by atoms with Gasteiger partial charge in [-0.25, -0.2) is 0 Å². The van der Waals surface area contributed by atoms with E-state index in [4.69, 9.17) is 0 Å². The summed E-state index contributed by atoms with van der Waals surface area (Å²) in [5.74, 6) is 0. The number of anilines is 5. The molecule has 0 spiro atoms. The molecule has 13 rings (SSSR count). The maximum atomic E-state index is 4.17. The molecule has 0 unspecified atom stereocenters. The molecule has 0 saturated heterocycles. The maximum absolute atomic E-state index is 4.17. The Kier molecular flexibility index (Phi) is 9.68. The minimum absolute atomic E-state index is 0.0668. The van der Waals surface area contributed by atoms with E-state index in [0.29, 0.717) is 0 Å². The second-order valence-electron chi connectivity index (χ2n) is 26.2. The van der Waals surface area contributed by atoms with Crippen LogP contribution in [0.3, 0.4) is 0 Å². The fourth-order valence-corrected chi connectivity index (χ4v) is 16.1. The minimum atomic E-state index is 0.0668. The third-order valence-electron chi connectivity index (χ3n) is 18.7. The van der Waals surface area contributed by atoms with Gasteiger partial charge in [0.15, 0.2) is 7.28 Å². The summed E-state index contributed by atoms with van der Waals surface area (Å²) in [7, 11) is 0.855. The zero-order valence-corrected chi connectivity index (χ0v) is 45.8. The van der Waals surface area contributed by atoms with E-state index in [1.807, 2.05) is 22.7 Å². The van der Waals surface area contributed by atoms with Gasteiger partial charge in [-0.05, 0) is 176 Å². The molecule has 0 bridgehead atoms. The van der Waals surface area contributed by atoms with Crippen molar-refractivity contribution in [2.45, 2.75) is 154 Å². The summed E-state index contributed by atoms with van der Waals surface area (Å²) in [4.78, 5) is 2.76. The van der Waals surface area contributed by atoms with Crippen LogP contribution in [0.2, 0.25) is 0 Å². The Labute approximate surface area is 431 Å². The van der Waals surface area contributed by atoms with Gasteiger partial charge in [0.05, 0.1) is 5.69 Å². The lowest BCUT2D eigenvalue weighted by Crippen LogP contribution is -2.44. The molecule has 0 atom stereocenters. The van der Waals surface area contributed by atoms with Gasteiger partial charge >= 0.3 is 0 Å². The van der Waals surface area contributed by atoms with Gasteiger partial charge in [0.2, 0.25) is 0 Å². The number of benzene rings is 7. The van der Waals surface area contributed by atoms with Gasteiger partial charge in [-0.1, -0.05) is 143 Å². The van der Waals surface area contributed by atoms with Crippen LogP contribution >= 0.6 is 22.7 Å². The van der Waals surface area contributed by atoms with Crippen molar-refractivity contribution in [2.75, 3.05) is 10.2 Å². The van der Waals surface area contributed by atoms with Gasteiger partial charge in [-0.3, -0.25) is 0 Å². The van der Waals surface area contributed by atoms with Crippen LogP contribution in [0.15, 0.2) is 115 Å². The molecule has 4 aliphatic rings. The van der Waals surface area contributed by atoms with Crippen LogP contribution in [0.25, 0.3) is 51.5 Å². The summed E-state index contributed by atoms with van der Waals surface area (Å²) < 4.78 is 5.33. The molecule has 3 aliphatic carbocycles. The van der Waals surface area contributed by atoms with Crippen molar-refractivity contribution >= 4 is 110 Å². The highest BCUT2D eigenvalue weighted by atomic mass is 32.1. The highest BCUT2D eigenvalue weighted by Crippen LogP contribution is 2.55. The average molecular weight is 965 g/mol.